The number of halogens is 2. The quantitative estimate of drug-likeness (QED) is 0.0584. The number of hydrogen-bond donors (Lipinski definition) is 2. The second-order valence-electron chi connectivity index (χ2n) is 11.1. The van der Waals surface area contributed by atoms with E-state index >= 15 is 0 Å². The van der Waals surface area contributed by atoms with Crippen molar-refractivity contribution in [1.82, 2.24) is 0 Å². The van der Waals surface area contributed by atoms with Gasteiger partial charge in [-0.2, -0.15) is 8.78 Å². The van der Waals surface area contributed by atoms with Crippen molar-refractivity contribution in [2.75, 3.05) is 12.4 Å². The van der Waals surface area contributed by atoms with Gasteiger partial charge in [-0.3, -0.25) is 9.59 Å². The van der Waals surface area contributed by atoms with Crippen molar-refractivity contribution in [3.8, 4) is 5.75 Å². The fourth-order valence-electron chi connectivity index (χ4n) is 5.16. The topological polar surface area (TPSA) is 102 Å². The summed E-state index contributed by atoms with van der Waals surface area (Å²) in [5.41, 5.74) is 0. The normalized spacial score (nSPS) is 24.9. The monoisotopic (exact) mass is 642 g/mol. The Labute approximate surface area is 261 Å². The van der Waals surface area contributed by atoms with Gasteiger partial charge in [0.15, 0.2) is 6.61 Å². The lowest BCUT2D eigenvalue weighted by Crippen LogP contribution is -2.25. The lowest BCUT2D eigenvalue weighted by atomic mass is 9.89. The number of unbranched alkanes of at least 4 members (excludes halogenated alkanes) is 2. The molecule has 0 aromatic heterocycles. The average Bonchev–Trinajstić information content (AvgIpc) is 3.58. The molecule has 0 spiro atoms. The van der Waals surface area contributed by atoms with E-state index in [0.29, 0.717) is 36.7 Å². The number of alkyl halides is 2. The molecule has 1 heterocycles. The Balaban J connectivity index is 1.30. The molecular formula is C32H44F2O7S2. The van der Waals surface area contributed by atoms with Crippen LogP contribution >= 0.6 is 21.6 Å². The molecule has 7 nitrogen and oxygen atoms in total. The second-order valence-corrected chi connectivity index (χ2v) is 13.8. The lowest BCUT2D eigenvalue weighted by molar-refractivity contribution is -0.184. The van der Waals surface area contributed by atoms with Crippen LogP contribution in [0.25, 0.3) is 0 Å². The van der Waals surface area contributed by atoms with Crippen molar-refractivity contribution >= 4 is 33.5 Å². The summed E-state index contributed by atoms with van der Waals surface area (Å²) in [6, 6.07) is 8.35. The zero-order valence-corrected chi connectivity index (χ0v) is 26.3. The molecule has 0 amide bonds. The van der Waals surface area contributed by atoms with Crippen molar-refractivity contribution in [1.29, 1.82) is 0 Å². The van der Waals surface area contributed by atoms with Gasteiger partial charge in [0.05, 0.1) is 12.2 Å². The average molecular weight is 643 g/mol. The summed E-state index contributed by atoms with van der Waals surface area (Å²) in [7, 11) is 3.84. The van der Waals surface area contributed by atoms with Gasteiger partial charge in [0, 0.05) is 43.1 Å². The maximum Gasteiger partial charge on any atom is 0.308 e. The number of ether oxygens (including phenoxy) is 3. The SMILES string of the molecule is CC(OC(=O)CCC/C=C\C[C@@H]1[C@@H](/C=C/C(F)(F)COc2ccccc2)[C@H](O)C[C@@H]1O)OC(=O)CCCC[C@@H]1CCSS1. The number of esters is 2. The van der Waals surface area contributed by atoms with Crippen LogP contribution in [-0.2, 0) is 19.1 Å². The zero-order valence-electron chi connectivity index (χ0n) is 24.7. The van der Waals surface area contributed by atoms with Crippen molar-refractivity contribution in [2.45, 2.75) is 101 Å². The number of aliphatic hydroxyl groups excluding tert-OH is 2. The molecule has 1 aromatic rings. The fraction of sp³-hybridized carbons (Fsp3) is 0.625. The number of carbonyl (C=O) groups excluding carboxylic acids is 2. The predicted molar refractivity (Wildman–Crippen MR) is 166 cm³/mol. The van der Waals surface area contributed by atoms with Crippen LogP contribution in [0.2, 0.25) is 0 Å². The largest absolute Gasteiger partial charge is 0.487 e. The van der Waals surface area contributed by atoms with E-state index in [-0.39, 0.29) is 18.8 Å². The molecule has 2 aliphatic rings. The Hall–Kier alpha value is -2.08. The fourth-order valence-corrected chi connectivity index (χ4v) is 8.18. The maximum absolute atomic E-state index is 14.4. The van der Waals surface area contributed by atoms with Crippen LogP contribution in [0.4, 0.5) is 8.78 Å². The number of hydrogen-bond acceptors (Lipinski definition) is 9. The van der Waals surface area contributed by atoms with Gasteiger partial charge in [-0.25, -0.2) is 0 Å². The molecule has 3 rings (SSSR count). The molecule has 1 aliphatic heterocycles. The zero-order chi connectivity index (χ0) is 31.1. The minimum atomic E-state index is -3.23. The molecule has 2 fully saturated rings. The van der Waals surface area contributed by atoms with Crippen LogP contribution in [0.5, 0.6) is 5.75 Å². The molecule has 1 saturated carbocycles. The molecule has 11 heteroatoms. The van der Waals surface area contributed by atoms with Crippen LogP contribution in [0.1, 0.15) is 71.1 Å². The highest BCUT2D eigenvalue weighted by molar-refractivity contribution is 8.77. The van der Waals surface area contributed by atoms with Crippen molar-refractivity contribution < 1.29 is 42.8 Å². The van der Waals surface area contributed by atoms with Gasteiger partial charge in [0.25, 0.3) is 5.92 Å². The number of carbonyl (C=O) groups is 2. The first-order chi connectivity index (χ1) is 20.6. The van der Waals surface area contributed by atoms with Crippen molar-refractivity contribution in [3.63, 3.8) is 0 Å². The van der Waals surface area contributed by atoms with Gasteiger partial charge < -0.3 is 24.4 Å². The lowest BCUT2D eigenvalue weighted by Gasteiger charge is -2.20. The Kier molecular flexibility index (Phi) is 15.4. The maximum atomic E-state index is 14.4. The second kappa shape index (κ2) is 18.7. The summed E-state index contributed by atoms with van der Waals surface area (Å²) in [6.45, 7) is 0.701. The van der Waals surface area contributed by atoms with E-state index in [1.54, 1.807) is 30.3 Å². The van der Waals surface area contributed by atoms with E-state index in [9.17, 15) is 28.6 Å². The van der Waals surface area contributed by atoms with Gasteiger partial charge in [0.1, 0.15) is 5.75 Å². The molecule has 1 aromatic carbocycles. The molecule has 2 N–H and O–H groups in total. The van der Waals surface area contributed by atoms with Crippen LogP contribution in [0.15, 0.2) is 54.6 Å². The van der Waals surface area contributed by atoms with Crippen LogP contribution in [-0.4, -0.2) is 64.2 Å². The van der Waals surface area contributed by atoms with Crippen molar-refractivity contribution in [3.05, 3.63) is 54.6 Å². The summed E-state index contributed by atoms with van der Waals surface area (Å²) in [4.78, 5) is 24.1. The Morgan fingerprint density at radius 1 is 1.05 bits per heavy atom. The summed E-state index contributed by atoms with van der Waals surface area (Å²) in [6.07, 6.45) is 9.20. The molecule has 0 bridgehead atoms. The molecular weight excluding hydrogens is 598 g/mol. The van der Waals surface area contributed by atoms with Crippen LogP contribution < -0.4 is 4.74 Å². The molecule has 1 aliphatic carbocycles. The van der Waals surface area contributed by atoms with E-state index < -0.39 is 48.8 Å². The van der Waals surface area contributed by atoms with E-state index in [2.05, 4.69) is 0 Å². The summed E-state index contributed by atoms with van der Waals surface area (Å²) < 4.78 is 44.3. The first-order valence-electron chi connectivity index (χ1n) is 15.1. The number of benzene rings is 1. The third kappa shape index (κ3) is 13.6. The third-order valence-corrected chi connectivity index (χ3v) is 10.5. The Morgan fingerprint density at radius 3 is 2.47 bits per heavy atom. The summed E-state index contributed by atoms with van der Waals surface area (Å²) in [5.74, 6) is -3.55. The number of aliphatic hydroxyl groups is 2. The standard InChI is InChI=1S/C32H44F2O7S2/c1-23(41-31(38)16-10-9-13-25-18-20-42-43-25)40-30(37)15-8-3-2-7-14-26-27(29(36)21-28(26)35)17-19-32(33,34)22-39-24-11-5-4-6-12-24/h2,4-7,11-12,17,19,23,25-29,35-36H,3,8-10,13-16,18,20-22H2,1H3/b7-2-,19-17+/t23?,25-,26-,27-,28+,29-/m1/s1. The third-order valence-electron chi connectivity index (χ3n) is 7.46. The summed E-state index contributed by atoms with van der Waals surface area (Å²) >= 11 is 0. The highest BCUT2D eigenvalue weighted by Crippen LogP contribution is 2.40. The smallest absolute Gasteiger partial charge is 0.308 e. The Morgan fingerprint density at radius 2 is 1.77 bits per heavy atom. The minimum Gasteiger partial charge on any atom is -0.487 e. The number of rotatable bonds is 18. The predicted octanol–water partition coefficient (Wildman–Crippen LogP) is 6.88. The van der Waals surface area contributed by atoms with E-state index in [1.807, 2.05) is 33.7 Å². The van der Waals surface area contributed by atoms with E-state index in [0.717, 1.165) is 25.3 Å². The molecule has 1 unspecified atom stereocenters. The van der Waals surface area contributed by atoms with Crippen LogP contribution in [0, 0.1) is 11.8 Å². The Bertz CT molecular complexity index is 1030. The van der Waals surface area contributed by atoms with Gasteiger partial charge in [0.2, 0.25) is 6.29 Å². The van der Waals surface area contributed by atoms with Gasteiger partial charge >= 0.3 is 11.9 Å². The molecule has 240 valence electrons. The highest BCUT2D eigenvalue weighted by atomic mass is 33.1. The van der Waals surface area contributed by atoms with Gasteiger partial charge in [-0.1, -0.05) is 64.4 Å². The highest BCUT2D eigenvalue weighted by Gasteiger charge is 2.40. The molecule has 6 atom stereocenters. The molecule has 43 heavy (non-hydrogen) atoms. The number of para-hydroxylation sites is 1. The summed E-state index contributed by atoms with van der Waals surface area (Å²) in [5, 5.41) is 21.4. The van der Waals surface area contributed by atoms with E-state index in [1.165, 1.54) is 25.2 Å². The van der Waals surface area contributed by atoms with Crippen LogP contribution in [0.3, 0.4) is 0 Å². The first kappa shape index (κ1) is 35.4. The first-order valence-corrected chi connectivity index (χ1v) is 17.4. The number of allylic oxidation sites excluding steroid dienone is 2. The van der Waals surface area contributed by atoms with Gasteiger partial charge in [-0.05, 0) is 62.7 Å². The van der Waals surface area contributed by atoms with Crippen molar-refractivity contribution in [2.24, 2.45) is 11.8 Å². The molecule has 1 saturated heterocycles. The molecule has 0 radical (unpaired) electrons. The minimum absolute atomic E-state index is 0.118. The van der Waals surface area contributed by atoms with Gasteiger partial charge in [-0.15, -0.1) is 0 Å². The van der Waals surface area contributed by atoms with E-state index in [4.69, 9.17) is 14.2 Å².